The van der Waals surface area contributed by atoms with E-state index in [-0.39, 0.29) is 12.0 Å². The molecular formula is C39H38ClN5O6. The molecule has 6 aromatic rings. The molecule has 0 spiro atoms. The molecule has 2 fully saturated rings. The number of aliphatic hydroxyl groups excluding tert-OH is 1. The van der Waals surface area contributed by atoms with Gasteiger partial charge in [-0.05, 0) is 59.9 Å². The second kappa shape index (κ2) is 13.3. The van der Waals surface area contributed by atoms with Gasteiger partial charge in [-0.15, -0.1) is 0 Å². The van der Waals surface area contributed by atoms with Crippen LogP contribution >= 0.6 is 11.6 Å². The Kier molecular flexibility index (Phi) is 8.67. The van der Waals surface area contributed by atoms with Crippen LogP contribution in [0.3, 0.4) is 0 Å². The molecular weight excluding hydrogens is 670 g/mol. The van der Waals surface area contributed by atoms with Gasteiger partial charge in [0.2, 0.25) is 5.89 Å². The molecule has 0 radical (unpaired) electrons. The van der Waals surface area contributed by atoms with Crippen LogP contribution < -0.4 is 9.47 Å². The van der Waals surface area contributed by atoms with E-state index in [4.69, 9.17) is 35.6 Å². The Bertz CT molecular complexity index is 2270. The molecule has 2 aliphatic rings. The number of carbonyl (C=O) groups is 1. The van der Waals surface area contributed by atoms with Crippen LogP contribution in [0.1, 0.15) is 23.1 Å². The number of methoxy groups -OCH3 is 2. The number of aromatic nitrogens is 3. The minimum Gasteiger partial charge on any atom is -0.496 e. The van der Waals surface area contributed by atoms with Crippen LogP contribution in [0.5, 0.6) is 11.5 Å². The predicted octanol–water partition coefficient (Wildman–Crippen LogP) is 6.56. The number of hydrogen-bond acceptors (Lipinski definition) is 9. The van der Waals surface area contributed by atoms with Crippen LogP contribution in [-0.2, 0) is 17.9 Å². The van der Waals surface area contributed by atoms with E-state index in [0.29, 0.717) is 66.2 Å². The molecule has 11 nitrogen and oxygen atoms in total. The highest BCUT2D eigenvalue weighted by molar-refractivity contribution is 6.34. The maximum atomic E-state index is 11.2. The third-order valence-corrected chi connectivity index (χ3v) is 10.4. The van der Waals surface area contributed by atoms with Gasteiger partial charge in [0.15, 0.2) is 5.58 Å². The van der Waals surface area contributed by atoms with Gasteiger partial charge in [-0.2, -0.15) is 5.10 Å². The van der Waals surface area contributed by atoms with Crippen LogP contribution in [0.15, 0.2) is 71.3 Å². The molecule has 262 valence electrons. The summed E-state index contributed by atoms with van der Waals surface area (Å²) in [6, 6.07) is 20.0. The van der Waals surface area contributed by atoms with Crippen LogP contribution in [0.2, 0.25) is 5.02 Å². The third-order valence-electron chi connectivity index (χ3n) is 10.2. The number of ether oxygens (including phenoxy) is 2. The quantitative estimate of drug-likeness (QED) is 0.162. The van der Waals surface area contributed by atoms with Crippen molar-refractivity contribution in [2.45, 2.75) is 32.5 Å². The van der Waals surface area contributed by atoms with E-state index in [1.165, 1.54) is 0 Å². The Balaban J connectivity index is 1.12. The number of oxazole rings is 1. The average molecular weight is 708 g/mol. The van der Waals surface area contributed by atoms with Crippen molar-refractivity contribution in [2.75, 3.05) is 40.4 Å². The van der Waals surface area contributed by atoms with Gasteiger partial charge in [-0.1, -0.05) is 35.9 Å². The lowest BCUT2D eigenvalue weighted by Gasteiger charge is -2.36. The van der Waals surface area contributed by atoms with Crippen molar-refractivity contribution in [1.82, 2.24) is 24.6 Å². The first-order chi connectivity index (χ1) is 24.7. The first-order valence-electron chi connectivity index (χ1n) is 17.0. The summed E-state index contributed by atoms with van der Waals surface area (Å²) in [5, 5.41) is 25.6. The summed E-state index contributed by atoms with van der Waals surface area (Å²) >= 11 is 6.68. The summed E-state index contributed by atoms with van der Waals surface area (Å²) in [5.74, 6) is 0.799. The Hall–Kier alpha value is -4.94. The molecule has 0 amide bonds. The first kappa shape index (κ1) is 33.2. The number of benzene rings is 4. The summed E-state index contributed by atoms with van der Waals surface area (Å²) in [6.45, 7) is 5.76. The molecule has 12 heteroatoms. The molecule has 0 unspecified atom stereocenters. The number of aliphatic carboxylic acids is 1. The molecule has 4 aromatic carbocycles. The molecule has 4 heterocycles. The van der Waals surface area contributed by atoms with Crippen molar-refractivity contribution in [1.29, 1.82) is 0 Å². The number of nitrogens with zero attached hydrogens (tertiary/aromatic N) is 5. The molecule has 8 rings (SSSR count). The normalized spacial score (nSPS) is 17.0. The Morgan fingerprint density at radius 3 is 2.39 bits per heavy atom. The SMILES string of the molecule is COc1cc(-n2ncc3c(-c4cccc(-c5nc6cc(CN7CC(C(=O)O)C7)cc(Cl)c6o5)c4C)cccc32)cc(OC)c1CN1CC[C@@H](O)C1. The lowest BCUT2D eigenvalue weighted by Crippen LogP contribution is -2.49. The summed E-state index contributed by atoms with van der Waals surface area (Å²) < 4.78 is 19.9. The van der Waals surface area contributed by atoms with E-state index in [9.17, 15) is 15.0 Å². The van der Waals surface area contributed by atoms with E-state index in [1.54, 1.807) is 14.2 Å². The lowest BCUT2D eigenvalue weighted by molar-refractivity contribution is -0.147. The van der Waals surface area contributed by atoms with Crippen molar-refractivity contribution in [2.24, 2.45) is 5.92 Å². The summed E-state index contributed by atoms with van der Waals surface area (Å²) in [7, 11) is 3.32. The minimum absolute atomic E-state index is 0.310. The van der Waals surface area contributed by atoms with Crippen LogP contribution in [0.25, 0.3) is 50.3 Å². The molecule has 0 bridgehead atoms. The third kappa shape index (κ3) is 6.10. The maximum Gasteiger partial charge on any atom is 0.309 e. The van der Waals surface area contributed by atoms with E-state index in [0.717, 1.165) is 62.9 Å². The number of halogens is 1. The zero-order chi connectivity index (χ0) is 35.4. The fourth-order valence-corrected chi connectivity index (χ4v) is 7.72. The molecule has 51 heavy (non-hydrogen) atoms. The topological polar surface area (TPSA) is 126 Å². The van der Waals surface area contributed by atoms with Gasteiger partial charge in [0.25, 0.3) is 0 Å². The van der Waals surface area contributed by atoms with Gasteiger partial charge in [-0.3, -0.25) is 14.6 Å². The van der Waals surface area contributed by atoms with Crippen molar-refractivity contribution >= 4 is 39.6 Å². The van der Waals surface area contributed by atoms with Gasteiger partial charge in [0, 0.05) is 62.4 Å². The molecule has 2 aliphatic heterocycles. The molecule has 1 atom stereocenters. The number of hydrogen-bond donors (Lipinski definition) is 2. The van der Waals surface area contributed by atoms with E-state index in [1.807, 2.05) is 59.4 Å². The lowest BCUT2D eigenvalue weighted by atomic mass is 9.94. The standard InChI is InChI=1S/C39H38ClN5O6/c1-22-27(6-4-7-28(22)38-42-33-13-23(12-32(40)37(33)51-38)17-44-18-24(19-44)39(47)48)29-8-5-9-34-30(29)16-41-45(34)25-14-35(49-2)31(36(15-25)50-3)21-43-11-10-26(46)20-43/h4-9,12-16,24,26,46H,10-11,17-21H2,1-3H3,(H,47,48)/t26-/m1/s1. The van der Waals surface area contributed by atoms with Crippen molar-refractivity contribution < 1.29 is 28.9 Å². The second-order valence-corrected chi connectivity index (χ2v) is 13.9. The number of β-amino-alcohol motifs (C(OH)–C–C–N with tert-alkyl or cyclic N) is 1. The van der Waals surface area contributed by atoms with Crippen LogP contribution in [-0.4, -0.2) is 87.2 Å². The fourth-order valence-electron chi connectivity index (χ4n) is 7.44. The van der Waals surface area contributed by atoms with Gasteiger partial charge in [-0.25, -0.2) is 9.67 Å². The molecule has 2 saturated heterocycles. The second-order valence-electron chi connectivity index (χ2n) is 13.5. The van der Waals surface area contributed by atoms with Gasteiger partial charge in [0.1, 0.15) is 17.0 Å². The highest BCUT2D eigenvalue weighted by Crippen LogP contribution is 2.39. The Morgan fingerprint density at radius 2 is 1.69 bits per heavy atom. The zero-order valence-corrected chi connectivity index (χ0v) is 29.4. The summed E-state index contributed by atoms with van der Waals surface area (Å²) in [5.41, 5.74) is 8.71. The first-order valence-corrected chi connectivity index (χ1v) is 17.4. The van der Waals surface area contributed by atoms with E-state index >= 15 is 0 Å². The van der Waals surface area contributed by atoms with Crippen molar-refractivity contribution in [3.63, 3.8) is 0 Å². The average Bonchev–Trinajstić information content (AvgIpc) is 3.84. The minimum atomic E-state index is -0.758. The van der Waals surface area contributed by atoms with E-state index in [2.05, 4.69) is 28.9 Å². The van der Waals surface area contributed by atoms with E-state index < -0.39 is 5.97 Å². The monoisotopic (exact) mass is 707 g/mol. The highest BCUT2D eigenvalue weighted by Gasteiger charge is 2.32. The largest absolute Gasteiger partial charge is 0.496 e. The Labute approximate surface area is 299 Å². The Morgan fingerprint density at radius 1 is 0.961 bits per heavy atom. The molecule has 0 saturated carbocycles. The number of carboxylic acids is 1. The van der Waals surface area contributed by atoms with Gasteiger partial charge < -0.3 is 24.1 Å². The number of carboxylic acid groups (broad SMARTS) is 1. The highest BCUT2D eigenvalue weighted by atomic mass is 35.5. The number of aliphatic hydroxyl groups is 1. The van der Waals surface area contributed by atoms with Crippen molar-refractivity contribution in [3.05, 3.63) is 88.6 Å². The van der Waals surface area contributed by atoms with Crippen molar-refractivity contribution in [3.8, 4) is 39.8 Å². The number of rotatable bonds is 10. The number of likely N-dealkylation sites (tertiary alicyclic amines) is 2. The molecule has 0 aliphatic carbocycles. The summed E-state index contributed by atoms with van der Waals surface area (Å²) in [4.78, 5) is 20.4. The van der Waals surface area contributed by atoms with Gasteiger partial charge in [0.05, 0.1) is 54.2 Å². The van der Waals surface area contributed by atoms with Crippen LogP contribution in [0, 0.1) is 12.8 Å². The smallest absolute Gasteiger partial charge is 0.309 e. The molecule has 2 aromatic heterocycles. The zero-order valence-electron chi connectivity index (χ0n) is 28.6. The van der Waals surface area contributed by atoms with Crippen LogP contribution in [0.4, 0.5) is 0 Å². The van der Waals surface area contributed by atoms with Gasteiger partial charge >= 0.3 is 5.97 Å². The predicted molar refractivity (Wildman–Crippen MR) is 195 cm³/mol. The fraction of sp³-hybridized carbons (Fsp3) is 0.308. The maximum absolute atomic E-state index is 11.2. The number of fused-ring (bicyclic) bond motifs is 2. The molecule has 2 N–H and O–H groups in total. The summed E-state index contributed by atoms with van der Waals surface area (Å²) in [6.07, 6.45) is 2.33.